The summed E-state index contributed by atoms with van der Waals surface area (Å²) in [5.74, 6) is 1.83. The van der Waals surface area contributed by atoms with E-state index in [4.69, 9.17) is 0 Å². The lowest BCUT2D eigenvalue weighted by Gasteiger charge is -2.25. The van der Waals surface area contributed by atoms with Crippen molar-refractivity contribution >= 4 is 36.0 Å². The second-order valence-electron chi connectivity index (χ2n) is 5.96. The van der Waals surface area contributed by atoms with Crippen molar-refractivity contribution in [1.29, 1.82) is 0 Å². The number of hydrogen-bond donors (Lipinski definition) is 3. The maximum Gasteiger partial charge on any atom is 0.242 e. The number of nitrogens with one attached hydrogen (secondary N) is 3. The molecule has 0 aromatic heterocycles. The highest BCUT2D eigenvalue weighted by molar-refractivity contribution is 7.99. The Morgan fingerprint density at radius 2 is 2.05 bits per heavy atom. The molecule has 3 N–H and O–H groups in total. The minimum Gasteiger partial charge on any atom is -0.350 e. The summed E-state index contributed by atoms with van der Waals surface area (Å²) in [5, 5.41) is 8.91. The number of halogens is 1. The van der Waals surface area contributed by atoms with Crippen LogP contribution in [0.3, 0.4) is 0 Å². The molecule has 0 bridgehead atoms. The molecule has 0 aromatic rings. The van der Waals surface area contributed by atoms with Crippen LogP contribution < -0.4 is 16.0 Å². The quantitative estimate of drug-likeness (QED) is 0.719. The van der Waals surface area contributed by atoms with E-state index in [2.05, 4.69) is 16.0 Å². The molecule has 0 saturated carbocycles. The van der Waals surface area contributed by atoms with Crippen molar-refractivity contribution in [2.24, 2.45) is 0 Å². The van der Waals surface area contributed by atoms with Crippen LogP contribution in [0.25, 0.3) is 0 Å². The first-order chi connectivity index (χ1) is 8.78. The Labute approximate surface area is 131 Å². The molecule has 2 atom stereocenters. The van der Waals surface area contributed by atoms with Gasteiger partial charge in [-0.2, -0.15) is 11.8 Å². The van der Waals surface area contributed by atoms with E-state index in [0.29, 0.717) is 6.42 Å². The first kappa shape index (κ1) is 19.5. The highest BCUT2D eigenvalue weighted by atomic mass is 35.5. The third-order valence-corrected chi connectivity index (χ3v) is 3.83. The zero-order valence-electron chi connectivity index (χ0n) is 12.6. The van der Waals surface area contributed by atoms with Crippen molar-refractivity contribution in [2.75, 3.05) is 18.1 Å². The summed E-state index contributed by atoms with van der Waals surface area (Å²) in [7, 11) is 0. The fourth-order valence-electron chi connectivity index (χ4n) is 1.82. The summed E-state index contributed by atoms with van der Waals surface area (Å²) >= 11 is 1.86. The predicted molar refractivity (Wildman–Crippen MR) is 86.5 cm³/mol. The van der Waals surface area contributed by atoms with Crippen LogP contribution in [0.4, 0.5) is 0 Å². The molecular weight excluding hydrogens is 298 g/mol. The van der Waals surface area contributed by atoms with E-state index >= 15 is 0 Å². The van der Waals surface area contributed by atoms with Gasteiger partial charge in [0.05, 0.1) is 0 Å². The lowest BCUT2D eigenvalue weighted by Crippen LogP contribution is -2.51. The van der Waals surface area contributed by atoms with Gasteiger partial charge in [0.15, 0.2) is 0 Å². The van der Waals surface area contributed by atoms with Crippen LogP contribution >= 0.6 is 24.2 Å². The summed E-state index contributed by atoms with van der Waals surface area (Å²) in [4.78, 5) is 23.7. The van der Waals surface area contributed by atoms with Crippen molar-refractivity contribution < 1.29 is 9.59 Å². The number of amides is 2. The van der Waals surface area contributed by atoms with Gasteiger partial charge in [-0.3, -0.25) is 9.59 Å². The Balaban J connectivity index is 0.00000361. The van der Waals surface area contributed by atoms with Crippen molar-refractivity contribution in [3.8, 4) is 0 Å². The van der Waals surface area contributed by atoms with E-state index < -0.39 is 6.04 Å². The Bertz CT molecular complexity index is 328. The Kier molecular flexibility index (Phi) is 8.54. The third kappa shape index (κ3) is 7.97. The molecule has 118 valence electrons. The Hall–Kier alpha value is -0.460. The van der Waals surface area contributed by atoms with E-state index in [1.54, 1.807) is 6.92 Å². The minimum absolute atomic E-state index is 0. The molecule has 20 heavy (non-hydrogen) atoms. The first-order valence-electron chi connectivity index (χ1n) is 6.70. The van der Waals surface area contributed by atoms with E-state index in [0.717, 1.165) is 18.1 Å². The van der Waals surface area contributed by atoms with Crippen LogP contribution in [0.5, 0.6) is 0 Å². The van der Waals surface area contributed by atoms with Crippen LogP contribution in [-0.4, -0.2) is 47.5 Å². The molecule has 2 unspecified atom stereocenters. The molecule has 1 rings (SSSR count). The van der Waals surface area contributed by atoms with Gasteiger partial charge in [0, 0.05) is 36.1 Å². The lowest BCUT2D eigenvalue weighted by atomic mass is 10.1. The fraction of sp³-hybridized carbons (Fsp3) is 0.846. The minimum atomic E-state index is -0.497. The molecular formula is C13H26ClN3O2S. The standard InChI is InChI=1S/C13H25N3O2S.ClH/c1-9(12(18)16-13(2,3)4)15-11(17)7-10-8-19-6-5-14-10;/h9-10,14H,5-8H2,1-4H3,(H,15,17)(H,16,18);1H. The highest BCUT2D eigenvalue weighted by Gasteiger charge is 2.22. The summed E-state index contributed by atoms with van der Waals surface area (Å²) in [5.41, 5.74) is -0.280. The number of carbonyl (C=O) groups is 2. The summed E-state index contributed by atoms with van der Waals surface area (Å²) in [6.07, 6.45) is 0.431. The van der Waals surface area contributed by atoms with E-state index in [9.17, 15) is 9.59 Å². The molecule has 2 amide bonds. The van der Waals surface area contributed by atoms with Crippen molar-refractivity contribution in [1.82, 2.24) is 16.0 Å². The average Bonchev–Trinajstić information content (AvgIpc) is 2.27. The Morgan fingerprint density at radius 3 is 2.55 bits per heavy atom. The molecule has 7 heteroatoms. The smallest absolute Gasteiger partial charge is 0.242 e. The first-order valence-corrected chi connectivity index (χ1v) is 7.86. The van der Waals surface area contributed by atoms with E-state index in [1.807, 2.05) is 32.5 Å². The summed E-state index contributed by atoms with van der Waals surface area (Å²) < 4.78 is 0. The van der Waals surface area contributed by atoms with Crippen molar-refractivity contribution in [3.05, 3.63) is 0 Å². The van der Waals surface area contributed by atoms with Gasteiger partial charge in [-0.05, 0) is 27.7 Å². The van der Waals surface area contributed by atoms with Gasteiger partial charge in [0.25, 0.3) is 0 Å². The molecule has 1 heterocycles. The van der Waals surface area contributed by atoms with Gasteiger partial charge < -0.3 is 16.0 Å². The van der Waals surface area contributed by atoms with Crippen LogP contribution in [-0.2, 0) is 9.59 Å². The van der Waals surface area contributed by atoms with Crippen LogP contribution in [0.15, 0.2) is 0 Å². The SMILES string of the molecule is CC(NC(=O)CC1CSCCN1)C(=O)NC(C)(C)C.Cl. The second kappa shape index (κ2) is 8.74. The van der Waals surface area contributed by atoms with Gasteiger partial charge >= 0.3 is 0 Å². The maximum atomic E-state index is 11.9. The van der Waals surface area contributed by atoms with Gasteiger partial charge in [0.1, 0.15) is 6.04 Å². The van der Waals surface area contributed by atoms with Crippen molar-refractivity contribution in [3.63, 3.8) is 0 Å². The number of thioether (sulfide) groups is 1. The van der Waals surface area contributed by atoms with E-state index in [1.165, 1.54) is 0 Å². The van der Waals surface area contributed by atoms with Gasteiger partial charge in [0.2, 0.25) is 11.8 Å². The topological polar surface area (TPSA) is 70.2 Å². The third-order valence-electron chi connectivity index (χ3n) is 2.70. The monoisotopic (exact) mass is 323 g/mol. The number of rotatable bonds is 4. The Morgan fingerprint density at radius 1 is 1.40 bits per heavy atom. The molecule has 1 aliphatic rings. The highest BCUT2D eigenvalue weighted by Crippen LogP contribution is 2.10. The molecule has 0 aromatic carbocycles. The zero-order valence-corrected chi connectivity index (χ0v) is 14.2. The fourth-order valence-corrected chi connectivity index (χ4v) is 2.77. The van der Waals surface area contributed by atoms with E-state index in [-0.39, 0.29) is 35.8 Å². The predicted octanol–water partition coefficient (Wildman–Crippen LogP) is 0.923. The van der Waals surface area contributed by atoms with Crippen molar-refractivity contribution in [2.45, 2.75) is 51.7 Å². The van der Waals surface area contributed by atoms with Gasteiger partial charge in [-0.1, -0.05) is 0 Å². The molecule has 1 aliphatic heterocycles. The zero-order chi connectivity index (χ0) is 14.5. The molecule has 0 spiro atoms. The molecule has 1 fully saturated rings. The van der Waals surface area contributed by atoms with Crippen LogP contribution in [0.2, 0.25) is 0 Å². The average molecular weight is 324 g/mol. The molecule has 5 nitrogen and oxygen atoms in total. The normalized spacial score (nSPS) is 20.5. The van der Waals surface area contributed by atoms with Crippen LogP contribution in [0, 0.1) is 0 Å². The maximum absolute atomic E-state index is 11.9. The largest absolute Gasteiger partial charge is 0.350 e. The summed E-state index contributed by atoms with van der Waals surface area (Å²) in [6, 6.07) is -0.278. The lowest BCUT2D eigenvalue weighted by molar-refractivity contribution is -0.129. The van der Waals surface area contributed by atoms with Gasteiger partial charge in [-0.25, -0.2) is 0 Å². The van der Waals surface area contributed by atoms with Gasteiger partial charge in [-0.15, -0.1) is 12.4 Å². The molecule has 0 radical (unpaired) electrons. The second-order valence-corrected chi connectivity index (χ2v) is 7.11. The van der Waals surface area contributed by atoms with Crippen LogP contribution in [0.1, 0.15) is 34.1 Å². The molecule has 0 aliphatic carbocycles. The summed E-state index contributed by atoms with van der Waals surface area (Å²) in [6.45, 7) is 8.42. The molecule has 1 saturated heterocycles. The number of hydrogen-bond acceptors (Lipinski definition) is 4. The number of carbonyl (C=O) groups excluding carboxylic acids is 2.